The summed E-state index contributed by atoms with van der Waals surface area (Å²) in [6.45, 7) is 2.08. The number of amides is 1. The fraction of sp³-hybridized carbons (Fsp3) is 0.286. The van der Waals surface area contributed by atoms with Gasteiger partial charge in [-0.05, 0) is 24.0 Å². The summed E-state index contributed by atoms with van der Waals surface area (Å²) < 4.78 is 0. The maximum atomic E-state index is 12.1. The second-order valence-corrected chi connectivity index (χ2v) is 4.20. The van der Waals surface area contributed by atoms with Crippen LogP contribution in [0.1, 0.15) is 42.1 Å². The minimum atomic E-state index is -0.614. The lowest BCUT2D eigenvalue weighted by atomic mass is 10.00. The van der Waals surface area contributed by atoms with Gasteiger partial charge < -0.3 is 5.73 Å². The first kappa shape index (κ1) is 11.6. The zero-order valence-corrected chi connectivity index (χ0v) is 9.82. The molecule has 0 aliphatic heterocycles. The quantitative estimate of drug-likeness (QED) is 0.805. The molecule has 3 heteroatoms. The molecule has 1 aliphatic carbocycles. The molecule has 0 bridgehead atoms. The molecule has 0 atom stereocenters. The summed E-state index contributed by atoms with van der Waals surface area (Å²) in [6, 6.07) is 7.31. The number of rotatable bonds is 4. The molecular formula is C14H15NO2. The maximum absolute atomic E-state index is 12.1. The van der Waals surface area contributed by atoms with Crippen LogP contribution in [0, 0.1) is 0 Å². The normalized spacial score (nSPS) is 14.1. The minimum absolute atomic E-state index is 0.180. The Morgan fingerprint density at radius 3 is 2.47 bits per heavy atom. The maximum Gasteiger partial charge on any atom is 0.252 e. The van der Waals surface area contributed by atoms with Crippen molar-refractivity contribution >= 4 is 17.3 Å². The number of Topliss-reactive ketones (excluding diaryl/α,β-unsaturated/α-hetero) is 1. The summed E-state index contributed by atoms with van der Waals surface area (Å²) in [6.07, 6.45) is 2.71. The van der Waals surface area contributed by atoms with E-state index in [1.807, 2.05) is 12.1 Å². The van der Waals surface area contributed by atoms with Crippen molar-refractivity contribution in [3.63, 3.8) is 0 Å². The third kappa shape index (κ3) is 1.88. The molecule has 3 nitrogen and oxygen atoms in total. The minimum Gasteiger partial charge on any atom is -0.365 e. The number of carbonyl (C=O) groups is 2. The lowest BCUT2D eigenvalue weighted by molar-refractivity contribution is -0.114. The number of benzene rings is 1. The van der Waals surface area contributed by atoms with Gasteiger partial charge in [0.1, 0.15) is 0 Å². The molecule has 0 radical (unpaired) electrons. The molecule has 0 heterocycles. The number of allylic oxidation sites excluding steroid dienone is 1. The van der Waals surface area contributed by atoms with Gasteiger partial charge in [-0.3, -0.25) is 9.59 Å². The van der Waals surface area contributed by atoms with Crippen molar-refractivity contribution < 1.29 is 9.59 Å². The molecule has 2 N–H and O–H groups in total. The van der Waals surface area contributed by atoms with E-state index < -0.39 is 5.91 Å². The van der Waals surface area contributed by atoms with Crippen molar-refractivity contribution in [2.24, 2.45) is 5.73 Å². The van der Waals surface area contributed by atoms with Crippen LogP contribution in [-0.2, 0) is 4.79 Å². The highest BCUT2D eigenvalue weighted by atomic mass is 16.2. The van der Waals surface area contributed by atoms with Gasteiger partial charge in [0.15, 0.2) is 5.78 Å². The summed E-state index contributed by atoms with van der Waals surface area (Å²) in [4.78, 5) is 23.5. The second-order valence-electron chi connectivity index (χ2n) is 4.20. The SMILES string of the molecule is CCCCC1=C(C(N)=O)C(=O)c2ccccc21. The van der Waals surface area contributed by atoms with Crippen molar-refractivity contribution in [1.29, 1.82) is 0 Å². The van der Waals surface area contributed by atoms with E-state index in [-0.39, 0.29) is 11.4 Å². The smallest absolute Gasteiger partial charge is 0.252 e. The summed E-state index contributed by atoms with van der Waals surface area (Å²) in [5.41, 5.74) is 7.79. The number of unbranched alkanes of at least 4 members (excludes halogenated alkanes) is 1. The molecule has 88 valence electrons. The molecule has 2 rings (SSSR count). The number of primary amides is 1. The largest absolute Gasteiger partial charge is 0.365 e. The summed E-state index contributed by atoms with van der Waals surface area (Å²) in [5.74, 6) is -0.837. The Bertz CT molecular complexity index is 515. The number of ketones is 1. The van der Waals surface area contributed by atoms with Crippen molar-refractivity contribution in [3.8, 4) is 0 Å². The molecule has 0 saturated carbocycles. The Kier molecular flexibility index (Phi) is 3.09. The van der Waals surface area contributed by atoms with E-state index in [9.17, 15) is 9.59 Å². The molecule has 0 unspecified atom stereocenters. The molecule has 1 aliphatic rings. The first-order chi connectivity index (χ1) is 8.16. The monoisotopic (exact) mass is 229 g/mol. The van der Waals surface area contributed by atoms with Crippen LogP contribution < -0.4 is 5.73 Å². The first-order valence-electron chi connectivity index (χ1n) is 5.83. The van der Waals surface area contributed by atoms with Crippen molar-refractivity contribution in [2.75, 3.05) is 0 Å². The van der Waals surface area contributed by atoms with Crippen LogP contribution >= 0.6 is 0 Å². The van der Waals surface area contributed by atoms with Gasteiger partial charge in [-0.2, -0.15) is 0 Å². The van der Waals surface area contributed by atoms with E-state index in [0.717, 1.165) is 30.4 Å². The van der Waals surface area contributed by atoms with Gasteiger partial charge in [0, 0.05) is 5.56 Å². The van der Waals surface area contributed by atoms with Crippen LogP contribution in [0.4, 0.5) is 0 Å². The molecule has 1 aromatic rings. The summed E-state index contributed by atoms with van der Waals surface area (Å²) in [5, 5.41) is 0. The van der Waals surface area contributed by atoms with Gasteiger partial charge in [-0.25, -0.2) is 0 Å². The Hall–Kier alpha value is -1.90. The first-order valence-corrected chi connectivity index (χ1v) is 5.83. The van der Waals surface area contributed by atoms with Gasteiger partial charge in [-0.1, -0.05) is 37.6 Å². The lowest BCUT2D eigenvalue weighted by Crippen LogP contribution is -2.19. The van der Waals surface area contributed by atoms with Gasteiger partial charge >= 0.3 is 0 Å². The van der Waals surface area contributed by atoms with Gasteiger partial charge in [0.05, 0.1) is 5.57 Å². The second kappa shape index (κ2) is 4.53. The van der Waals surface area contributed by atoms with Crippen LogP contribution in [0.3, 0.4) is 0 Å². The molecule has 0 saturated heterocycles. The average Bonchev–Trinajstić information content (AvgIpc) is 2.60. The standard InChI is InChI=1S/C14H15NO2/c1-2-3-6-10-9-7-4-5-8-11(9)13(16)12(10)14(15)17/h4-5,7-8H,2-3,6H2,1H3,(H2,15,17). The van der Waals surface area contributed by atoms with E-state index in [1.54, 1.807) is 12.1 Å². The number of nitrogens with two attached hydrogens (primary N) is 1. The number of carbonyl (C=O) groups excluding carboxylic acids is 2. The van der Waals surface area contributed by atoms with Gasteiger partial charge in [0.2, 0.25) is 0 Å². The van der Waals surface area contributed by atoms with E-state index in [2.05, 4.69) is 6.92 Å². The third-order valence-corrected chi connectivity index (χ3v) is 3.05. The van der Waals surface area contributed by atoms with E-state index in [0.29, 0.717) is 5.56 Å². The lowest BCUT2D eigenvalue weighted by Gasteiger charge is -2.04. The van der Waals surface area contributed by atoms with E-state index in [4.69, 9.17) is 5.73 Å². The molecule has 1 aromatic carbocycles. The Morgan fingerprint density at radius 1 is 1.24 bits per heavy atom. The van der Waals surface area contributed by atoms with Crippen molar-refractivity contribution in [3.05, 3.63) is 41.0 Å². The molecule has 0 spiro atoms. The highest BCUT2D eigenvalue weighted by Gasteiger charge is 2.31. The summed E-state index contributed by atoms with van der Waals surface area (Å²) >= 11 is 0. The van der Waals surface area contributed by atoms with Crippen LogP contribution in [0.25, 0.3) is 5.57 Å². The van der Waals surface area contributed by atoms with E-state index in [1.165, 1.54) is 0 Å². The summed E-state index contributed by atoms with van der Waals surface area (Å²) in [7, 11) is 0. The fourth-order valence-electron chi connectivity index (χ4n) is 2.22. The Labute approximate surface area is 100 Å². The van der Waals surface area contributed by atoms with Crippen LogP contribution in [0.5, 0.6) is 0 Å². The highest BCUT2D eigenvalue weighted by molar-refractivity contribution is 6.34. The molecule has 1 amide bonds. The predicted molar refractivity (Wildman–Crippen MR) is 66.4 cm³/mol. The van der Waals surface area contributed by atoms with Crippen LogP contribution in [0.15, 0.2) is 29.8 Å². The Morgan fingerprint density at radius 2 is 1.88 bits per heavy atom. The topological polar surface area (TPSA) is 60.2 Å². The fourth-order valence-corrected chi connectivity index (χ4v) is 2.22. The highest BCUT2D eigenvalue weighted by Crippen LogP contribution is 2.35. The zero-order valence-electron chi connectivity index (χ0n) is 9.82. The molecule has 0 aromatic heterocycles. The third-order valence-electron chi connectivity index (χ3n) is 3.05. The van der Waals surface area contributed by atoms with Crippen molar-refractivity contribution in [1.82, 2.24) is 0 Å². The zero-order chi connectivity index (χ0) is 12.4. The number of fused-ring (bicyclic) bond motifs is 1. The molecule has 0 fully saturated rings. The Balaban J connectivity index is 2.52. The van der Waals surface area contributed by atoms with Crippen molar-refractivity contribution in [2.45, 2.75) is 26.2 Å². The van der Waals surface area contributed by atoms with Crippen LogP contribution in [0.2, 0.25) is 0 Å². The molecule has 17 heavy (non-hydrogen) atoms. The average molecular weight is 229 g/mol. The van der Waals surface area contributed by atoms with Gasteiger partial charge in [-0.15, -0.1) is 0 Å². The van der Waals surface area contributed by atoms with Crippen LogP contribution in [-0.4, -0.2) is 11.7 Å². The van der Waals surface area contributed by atoms with Gasteiger partial charge in [0.25, 0.3) is 5.91 Å². The van der Waals surface area contributed by atoms with E-state index >= 15 is 0 Å². The number of hydrogen-bond acceptors (Lipinski definition) is 2. The molecular weight excluding hydrogens is 214 g/mol. The number of hydrogen-bond donors (Lipinski definition) is 1. The predicted octanol–water partition coefficient (Wildman–Crippen LogP) is 2.31.